The van der Waals surface area contributed by atoms with E-state index in [9.17, 15) is 4.79 Å². The van der Waals surface area contributed by atoms with E-state index < -0.39 is 0 Å². The molecular weight excluding hydrogens is 344 g/mol. The third kappa shape index (κ3) is 3.58. The molecule has 0 aromatic carbocycles. The highest BCUT2D eigenvalue weighted by Gasteiger charge is 2.37. The van der Waals surface area contributed by atoms with Gasteiger partial charge in [-0.05, 0) is 61.8 Å². The molecule has 140 valence electrons. The molecule has 6 heteroatoms. The molecule has 0 spiro atoms. The van der Waals surface area contributed by atoms with Crippen LogP contribution in [0.4, 0.5) is 0 Å². The van der Waals surface area contributed by atoms with Crippen LogP contribution in [-0.2, 0) is 7.05 Å². The molecule has 0 bridgehead atoms. The van der Waals surface area contributed by atoms with Gasteiger partial charge in [0.05, 0.1) is 11.1 Å². The fourth-order valence-electron chi connectivity index (χ4n) is 4.47. The molecule has 2 aliphatic heterocycles. The number of hydrogen-bond acceptors (Lipinski definition) is 4. The number of piperidine rings is 2. The van der Waals surface area contributed by atoms with Crippen molar-refractivity contribution in [3.8, 4) is 0 Å². The van der Waals surface area contributed by atoms with Crippen LogP contribution in [-0.4, -0.2) is 57.7 Å². The average molecular weight is 373 g/mol. The number of nitrogens with zero attached hydrogens (tertiary/aromatic N) is 4. The summed E-state index contributed by atoms with van der Waals surface area (Å²) in [4.78, 5) is 18.6. The van der Waals surface area contributed by atoms with Gasteiger partial charge in [0.1, 0.15) is 0 Å². The van der Waals surface area contributed by atoms with E-state index in [0.29, 0.717) is 12.0 Å². The minimum Gasteiger partial charge on any atom is -0.337 e. The Labute approximate surface area is 159 Å². The van der Waals surface area contributed by atoms with Gasteiger partial charge in [-0.1, -0.05) is 6.42 Å². The monoisotopic (exact) mass is 372 g/mol. The van der Waals surface area contributed by atoms with E-state index in [2.05, 4.69) is 26.5 Å². The molecule has 2 aromatic heterocycles. The number of rotatable bonds is 3. The first-order valence-electron chi connectivity index (χ1n) is 9.69. The van der Waals surface area contributed by atoms with Crippen molar-refractivity contribution in [2.75, 3.05) is 26.2 Å². The van der Waals surface area contributed by atoms with Gasteiger partial charge in [-0.2, -0.15) is 5.10 Å². The van der Waals surface area contributed by atoms with Crippen molar-refractivity contribution in [3.05, 3.63) is 39.8 Å². The van der Waals surface area contributed by atoms with Crippen molar-refractivity contribution in [2.45, 2.75) is 44.6 Å². The molecule has 2 unspecified atom stereocenters. The molecule has 5 nitrogen and oxygen atoms in total. The maximum absolute atomic E-state index is 13.0. The van der Waals surface area contributed by atoms with Crippen LogP contribution in [0, 0.1) is 6.92 Å². The van der Waals surface area contributed by atoms with Gasteiger partial charge in [-0.15, -0.1) is 11.3 Å². The van der Waals surface area contributed by atoms with Gasteiger partial charge in [-0.25, -0.2) is 0 Å². The molecule has 0 radical (unpaired) electrons. The van der Waals surface area contributed by atoms with Crippen molar-refractivity contribution < 1.29 is 4.79 Å². The Balaban J connectivity index is 1.56. The molecule has 2 aromatic rings. The van der Waals surface area contributed by atoms with Gasteiger partial charge < -0.3 is 4.90 Å². The van der Waals surface area contributed by atoms with Crippen molar-refractivity contribution in [1.82, 2.24) is 19.6 Å². The molecular formula is C20H28N4OS. The Kier molecular flexibility index (Phi) is 5.14. The molecule has 4 rings (SSSR count). The van der Waals surface area contributed by atoms with Gasteiger partial charge in [0.2, 0.25) is 0 Å². The SMILES string of the molecule is Cc1csc(C(=O)N2CCC(N3CCCCC3)C(c3cnn(C)c3)C2)c1. The van der Waals surface area contributed by atoms with Crippen molar-refractivity contribution in [3.63, 3.8) is 0 Å². The molecule has 0 saturated carbocycles. The van der Waals surface area contributed by atoms with Gasteiger partial charge >= 0.3 is 0 Å². The summed E-state index contributed by atoms with van der Waals surface area (Å²) in [5, 5.41) is 6.46. The normalized spacial score (nSPS) is 24.8. The number of thiophene rings is 1. The number of amides is 1. The minimum atomic E-state index is 0.189. The van der Waals surface area contributed by atoms with E-state index >= 15 is 0 Å². The number of aryl methyl sites for hydroxylation is 2. The van der Waals surface area contributed by atoms with Gasteiger partial charge in [-0.3, -0.25) is 14.4 Å². The van der Waals surface area contributed by atoms with Crippen LogP contribution in [0.3, 0.4) is 0 Å². The lowest BCUT2D eigenvalue weighted by Gasteiger charge is -2.45. The van der Waals surface area contributed by atoms with Crippen LogP contribution in [0.1, 0.15) is 52.4 Å². The van der Waals surface area contributed by atoms with Crippen LogP contribution in [0.25, 0.3) is 0 Å². The zero-order chi connectivity index (χ0) is 18.1. The largest absolute Gasteiger partial charge is 0.337 e. The Bertz CT molecular complexity index is 761. The molecule has 1 amide bonds. The van der Waals surface area contributed by atoms with E-state index in [4.69, 9.17) is 0 Å². The highest BCUT2D eigenvalue weighted by Crippen LogP contribution is 2.33. The fraction of sp³-hybridized carbons (Fsp3) is 0.600. The van der Waals surface area contributed by atoms with Crippen LogP contribution in [0.2, 0.25) is 0 Å². The van der Waals surface area contributed by atoms with E-state index in [1.54, 1.807) is 11.3 Å². The zero-order valence-electron chi connectivity index (χ0n) is 15.7. The van der Waals surface area contributed by atoms with Crippen LogP contribution >= 0.6 is 11.3 Å². The second-order valence-electron chi connectivity index (χ2n) is 7.75. The first-order valence-corrected chi connectivity index (χ1v) is 10.6. The third-order valence-electron chi connectivity index (χ3n) is 5.82. The van der Waals surface area contributed by atoms with Crippen LogP contribution in [0.15, 0.2) is 23.8 Å². The number of likely N-dealkylation sites (tertiary alicyclic amines) is 2. The first kappa shape index (κ1) is 17.7. The second kappa shape index (κ2) is 7.53. The van der Waals surface area contributed by atoms with E-state index in [0.717, 1.165) is 24.4 Å². The number of aromatic nitrogens is 2. The highest BCUT2D eigenvalue weighted by molar-refractivity contribution is 7.12. The summed E-state index contributed by atoms with van der Waals surface area (Å²) in [6.45, 7) is 6.09. The Morgan fingerprint density at radius 2 is 2.04 bits per heavy atom. The molecule has 26 heavy (non-hydrogen) atoms. The van der Waals surface area contributed by atoms with Crippen LogP contribution in [0.5, 0.6) is 0 Å². The summed E-state index contributed by atoms with van der Waals surface area (Å²) in [5.41, 5.74) is 2.44. The first-order chi connectivity index (χ1) is 12.6. The number of carbonyl (C=O) groups is 1. The highest BCUT2D eigenvalue weighted by atomic mass is 32.1. The minimum absolute atomic E-state index is 0.189. The lowest BCUT2D eigenvalue weighted by Crippen LogP contribution is -2.52. The maximum Gasteiger partial charge on any atom is 0.263 e. The topological polar surface area (TPSA) is 41.4 Å². The lowest BCUT2D eigenvalue weighted by atomic mass is 9.85. The van der Waals surface area contributed by atoms with E-state index in [-0.39, 0.29) is 5.91 Å². The summed E-state index contributed by atoms with van der Waals surface area (Å²) >= 11 is 1.56. The van der Waals surface area contributed by atoms with E-state index in [1.165, 1.54) is 43.5 Å². The number of hydrogen-bond donors (Lipinski definition) is 0. The Morgan fingerprint density at radius 3 is 2.69 bits per heavy atom. The summed E-state index contributed by atoms with van der Waals surface area (Å²) in [6.07, 6.45) is 9.12. The smallest absolute Gasteiger partial charge is 0.263 e. The standard InChI is InChI=1S/C20H28N4OS/c1-15-10-19(26-14-15)20(25)24-9-6-18(23-7-4-3-5-8-23)17(13-24)16-11-21-22(2)12-16/h10-12,14,17-18H,3-9,13H2,1-2H3. The molecule has 2 fully saturated rings. The molecule has 2 atom stereocenters. The van der Waals surface area contributed by atoms with Gasteiger partial charge in [0.15, 0.2) is 0 Å². The zero-order valence-corrected chi connectivity index (χ0v) is 16.5. The summed E-state index contributed by atoms with van der Waals surface area (Å²) in [7, 11) is 1.97. The molecule has 2 aliphatic rings. The molecule has 0 aliphatic carbocycles. The number of carbonyl (C=O) groups excluding carboxylic acids is 1. The Hall–Kier alpha value is -1.66. The predicted molar refractivity (Wildman–Crippen MR) is 105 cm³/mol. The van der Waals surface area contributed by atoms with Gasteiger partial charge in [0, 0.05) is 38.3 Å². The molecule has 4 heterocycles. The lowest BCUT2D eigenvalue weighted by molar-refractivity contribution is 0.0519. The van der Waals surface area contributed by atoms with Crippen molar-refractivity contribution in [1.29, 1.82) is 0 Å². The summed E-state index contributed by atoms with van der Waals surface area (Å²) in [5.74, 6) is 0.537. The third-order valence-corrected chi connectivity index (χ3v) is 6.85. The maximum atomic E-state index is 13.0. The van der Waals surface area contributed by atoms with E-state index in [1.807, 2.05) is 30.9 Å². The Morgan fingerprint density at radius 1 is 1.23 bits per heavy atom. The summed E-state index contributed by atoms with van der Waals surface area (Å²) in [6, 6.07) is 2.54. The van der Waals surface area contributed by atoms with Crippen molar-refractivity contribution in [2.24, 2.45) is 7.05 Å². The van der Waals surface area contributed by atoms with Crippen LogP contribution < -0.4 is 0 Å². The van der Waals surface area contributed by atoms with Gasteiger partial charge in [0.25, 0.3) is 5.91 Å². The van der Waals surface area contributed by atoms with Crippen molar-refractivity contribution >= 4 is 17.2 Å². The molecule has 0 N–H and O–H groups in total. The molecule has 2 saturated heterocycles. The fourth-order valence-corrected chi connectivity index (χ4v) is 5.33. The quantitative estimate of drug-likeness (QED) is 0.830. The second-order valence-corrected chi connectivity index (χ2v) is 8.66. The summed E-state index contributed by atoms with van der Waals surface area (Å²) < 4.78 is 1.88. The average Bonchev–Trinajstić information content (AvgIpc) is 3.30. The predicted octanol–water partition coefficient (Wildman–Crippen LogP) is 3.27.